The molecule has 3 heteroatoms. The van der Waals surface area contributed by atoms with E-state index in [0.717, 1.165) is 0 Å². The fourth-order valence-corrected chi connectivity index (χ4v) is 0. The summed E-state index contributed by atoms with van der Waals surface area (Å²) in [5, 5.41) is 7.32. The first-order chi connectivity index (χ1) is 1.41. The van der Waals surface area contributed by atoms with Crippen LogP contribution in [0.3, 0.4) is 0 Å². The quantitative estimate of drug-likeness (QED) is 0.282. The van der Waals surface area contributed by atoms with E-state index in [9.17, 15) is 0 Å². The predicted molar refractivity (Wildman–Crippen MR) is 18.0 cm³/mol. The van der Waals surface area contributed by atoms with Crippen LogP contribution in [0.2, 0.25) is 0 Å². The zero-order valence-corrected chi connectivity index (χ0v) is 1.95. The second-order valence-corrected chi connectivity index (χ2v) is 0.224. The zero-order chi connectivity index (χ0) is 2.71. The van der Waals surface area contributed by atoms with Crippen molar-refractivity contribution in [3.8, 4) is 0 Å². The fourth-order valence-electron chi connectivity index (χ4n) is 0. The number of nitrogens with one attached hydrogen (secondary N) is 1. The predicted octanol–water partition coefficient (Wildman–Crippen LogP) is -1.05. The van der Waals surface area contributed by atoms with Crippen LogP contribution >= 0.6 is 0 Å². The third-order valence-corrected chi connectivity index (χ3v) is 0. The minimum atomic E-state index is 0. The average molecular weight is 71.1 g/mol. The third kappa shape index (κ3) is 12.7. The molecule has 0 bridgehead atoms. The molecule has 22 valence electrons. The van der Waals surface area contributed by atoms with Gasteiger partial charge in [-0.05, 0) is 0 Å². The van der Waals surface area contributed by atoms with E-state index in [1.165, 1.54) is 7.05 Å². The van der Waals surface area contributed by atoms with Crippen LogP contribution in [0, 0.1) is 0 Å². The van der Waals surface area contributed by atoms with Crippen molar-refractivity contribution in [2.75, 3.05) is 7.05 Å². The molecule has 0 amide bonds. The fraction of sp³-hybridized carbons (Fsp3) is 1.00. The van der Waals surface area contributed by atoms with Gasteiger partial charge < -0.3 is 5.21 Å². The Morgan fingerprint density at radius 2 is 1.75 bits per heavy atom. The van der Waals surface area contributed by atoms with Gasteiger partial charge in [-0.2, -0.15) is 0 Å². The first-order valence-corrected chi connectivity index (χ1v) is 0.724. The number of hydrogen-bond acceptors (Lipinski definition) is 2. The summed E-state index contributed by atoms with van der Waals surface area (Å²) >= 11 is 0. The Hall–Kier alpha value is 0.920. The van der Waals surface area contributed by atoms with Crippen molar-refractivity contribution in [1.29, 1.82) is 0 Å². The van der Waals surface area contributed by atoms with Gasteiger partial charge in [0.1, 0.15) is 0 Å². The molecule has 2 nitrogen and oxygen atoms in total. The van der Waals surface area contributed by atoms with Gasteiger partial charge in [-0.25, -0.2) is 5.48 Å². The van der Waals surface area contributed by atoms with E-state index in [2.05, 4.69) is 0 Å². The molecule has 2 N–H and O–H groups in total. The Balaban J connectivity index is 0. The maximum atomic E-state index is 7.32. The second kappa shape index (κ2) is 9.07. The van der Waals surface area contributed by atoms with Gasteiger partial charge in [0.2, 0.25) is 0 Å². The van der Waals surface area contributed by atoms with E-state index >= 15 is 0 Å². The van der Waals surface area contributed by atoms with Gasteiger partial charge >= 0.3 is 29.6 Å². The van der Waals surface area contributed by atoms with Crippen LogP contribution in [0.15, 0.2) is 0 Å². The summed E-state index contributed by atoms with van der Waals surface area (Å²) in [6.45, 7) is 0. The van der Waals surface area contributed by atoms with E-state index < -0.39 is 0 Å². The van der Waals surface area contributed by atoms with Gasteiger partial charge in [0, 0.05) is 7.05 Å². The first kappa shape index (κ1) is 8.87. The van der Waals surface area contributed by atoms with Crippen molar-refractivity contribution < 1.29 is 5.21 Å². The molecule has 0 aromatic carbocycles. The van der Waals surface area contributed by atoms with Crippen LogP contribution in [0.1, 0.15) is 0 Å². The van der Waals surface area contributed by atoms with Crippen LogP contribution in [0.5, 0.6) is 0 Å². The zero-order valence-electron chi connectivity index (χ0n) is 1.95. The molecule has 0 spiro atoms. The summed E-state index contributed by atoms with van der Waals surface area (Å²) in [7, 11) is 1.43. The van der Waals surface area contributed by atoms with Gasteiger partial charge in [-0.3, -0.25) is 0 Å². The molecule has 0 saturated carbocycles. The van der Waals surface area contributed by atoms with Gasteiger partial charge in [0.05, 0.1) is 0 Å². The summed E-state index contributed by atoms with van der Waals surface area (Å²) in [5.74, 6) is 0. The van der Waals surface area contributed by atoms with E-state index in [1.807, 2.05) is 0 Å². The molecule has 0 aliphatic carbocycles. The number of hydroxylamine groups is 1. The van der Waals surface area contributed by atoms with E-state index in [4.69, 9.17) is 5.21 Å². The Morgan fingerprint density at radius 3 is 1.75 bits per heavy atom. The van der Waals surface area contributed by atoms with Crippen molar-refractivity contribution in [3.05, 3.63) is 0 Å². The van der Waals surface area contributed by atoms with Crippen LogP contribution < -0.4 is 5.48 Å². The number of hydrogen-bond donors (Lipinski definition) is 2. The molecule has 0 fully saturated rings. The molecule has 0 saturated heterocycles. The molecule has 0 aromatic heterocycles. The Kier molecular flexibility index (Phi) is 20.1. The first-order valence-electron chi connectivity index (χ1n) is 0.724. The summed E-state index contributed by atoms with van der Waals surface area (Å²) in [6.07, 6.45) is 0. The molecule has 0 heterocycles. The molecule has 0 aromatic rings. The van der Waals surface area contributed by atoms with Crippen molar-refractivity contribution in [2.45, 2.75) is 0 Å². The summed E-state index contributed by atoms with van der Waals surface area (Å²) in [6, 6.07) is 0. The third-order valence-electron chi connectivity index (χ3n) is 0. The van der Waals surface area contributed by atoms with Gasteiger partial charge in [0.25, 0.3) is 0 Å². The van der Waals surface area contributed by atoms with Crippen LogP contribution in [-0.2, 0) is 0 Å². The van der Waals surface area contributed by atoms with E-state index in [-0.39, 0.29) is 29.6 Å². The maximum absolute atomic E-state index is 7.32. The molecule has 0 radical (unpaired) electrons. The molecular formula is CH6NNaO. The normalized spacial score (nSPS) is 4.50. The molecule has 0 unspecified atom stereocenters. The molecule has 4 heavy (non-hydrogen) atoms. The summed E-state index contributed by atoms with van der Waals surface area (Å²) in [5.41, 5.74) is 1.75. The SMILES string of the molecule is CNO.[NaH]. The molecule has 0 rings (SSSR count). The van der Waals surface area contributed by atoms with Crippen molar-refractivity contribution in [1.82, 2.24) is 5.48 Å². The van der Waals surface area contributed by atoms with Crippen molar-refractivity contribution in [2.24, 2.45) is 0 Å². The Bertz CT molecular complexity index is 8.00. The van der Waals surface area contributed by atoms with Crippen molar-refractivity contribution in [3.63, 3.8) is 0 Å². The van der Waals surface area contributed by atoms with Gasteiger partial charge in [-0.15, -0.1) is 0 Å². The molecular weight excluding hydrogens is 65.0 g/mol. The van der Waals surface area contributed by atoms with Crippen molar-refractivity contribution >= 4 is 29.6 Å². The number of rotatable bonds is 0. The minimum absolute atomic E-state index is 0. The standard InChI is InChI=1S/CH5NO.Na.H/c1-2-3;;/h2-3H,1H3;;. The van der Waals surface area contributed by atoms with E-state index in [0.29, 0.717) is 0 Å². The second-order valence-electron chi connectivity index (χ2n) is 0.224. The monoisotopic (exact) mass is 71.0 g/mol. The molecule has 0 aliphatic heterocycles. The van der Waals surface area contributed by atoms with Crippen LogP contribution in [0.25, 0.3) is 0 Å². The summed E-state index contributed by atoms with van der Waals surface area (Å²) < 4.78 is 0. The van der Waals surface area contributed by atoms with Gasteiger partial charge in [0.15, 0.2) is 0 Å². The topological polar surface area (TPSA) is 32.3 Å². The molecule has 0 aliphatic rings. The van der Waals surface area contributed by atoms with E-state index in [1.54, 1.807) is 5.48 Å². The molecule has 0 atom stereocenters. The van der Waals surface area contributed by atoms with Crippen LogP contribution in [0.4, 0.5) is 0 Å². The average Bonchev–Trinajstić information content (AvgIpc) is 0.918. The van der Waals surface area contributed by atoms with Crippen LogP contribution in [-0.4, -0.2) is 41.8 Å². The Labute approximate surface area is 47.5 Å². The summed E-state index contributed by atoms with van der Waals surface area (Å²) in [4.78, 5) is 0. The van der Waals surface area contributed by atoms with Gasteiger partial charge in [-0.1, -0.05) is 0 Å². The Morgan fingerprint density at radius 1 is 1.75 bits per heavy atom.